The van der Waals surface area contributed by atoms with Crippen LogP contribution in [0.2, 0.25) is 0 Å². The Kier molecular flexibility index (Phi) is 2.37. The van der Waals surface area contributed by atoms with Gasteiger partial charge in [0.1, 0.15) is 0 Å². The number of hydrogen-bond acceptors (Lipinski definition) is 3. The normalized spacial score (nSPS) is 10.7. The summed E-state index contributed by atoms with van der Waals surface area (Å²) in [5, 5.41) is 1.07. The zero-order valence-electron chi connectivity index (χ0n) is 7.79. The predicted molar refractivity (Wildman–Crippen MR) is 61.0 cm³/mol. The number of nitrogens with two attached hydrogens (primary N) is 1. The van der Waals surface area contributed by atoms with Gasteiger partial charge in [-0.15, -0.1) is 0 Å². The lowest BCUT2D eigenvalue weighted by Gasteiger charge is -2.04. The van der Waals surface area contributed by atoms with Crippen molar-refractivity contribution in [1.29, 1.82) is 0 Å². The number of rotatable bonds is 1. The van der Waals surface area contributed by atoms with E-state index in [0.717, 1.165) is 27.5 Å². The molecule has 2 rings (SSSR count). The van der Waals surface area contributed by atoms with Crippen LogP contribution in [-0.2, 0) is 6.42 Å². The van der Waals surface area contributed by atoms with Gasteiger partial charge in [0.2, 0.25) is 5.95 Å². The van der Waals surface area contributed by atoms with Gasteiger partial charge in [-0.05, 0) is 24.6 Å². The van der Waals surface area contributed by atoms with Crippen LogP contribution in [0, 0.1) is 0 Å². The molecule has 2 aromatic rings. The van der Waals surface area contributed by atoms with Crippen LogP contribution in [0.3, 0.4) is 0 Å². The minimum atomic E-state index is 0.344. The summed E-state index contributed by atoms with van der Waals surface area (Å²) >= 11 is 3.43. The van der Waals surface area contributed by atoms with Crippen molar-refractivity contribution in [3.63, 3.8) is 0 Å². The Hall–Kier alpha value is -1.16. The standard InChI is InChI=1S/C10H10BrN3/c1-2-8-7-5-6(11)3-4-9(7)14-10(12)13-8/h3-5H,2H2,1H3,(H2,12,13,14). The summed E-state index contributed by atoms with van der Waals surface area (Å²) in [5.41, 5.74) is 7.50. The second-order valence-electron chi connectivity index (χ2n) is 3.04. The lowest BCUT2D eigenvalue weighted by molar-refractivity contribution is 1.04. The quantitative estimate of drug-likeness (QED) is 0.848. The van der Waals surface area contributed by atoms with Crippen LogP contribution in [0.1, 0.15) is 12.6 Å². The van der Waals surface area contributed by atoms with E-state index in [1.807, 2.05) is 18.2 Å². The number of aryl methyl sites for hydroxylation is 1. The van der Waals surface area contributed by atoms with Crippen LogP contribution in [-0.4, -0.2) is 9.97 Å². The van der Waals surface area contributed by atoms with Crippen LogP contribution >= 0.6 is 15.9 Å². The molecule has 2 N–H and O–H groups in total. The molecule has 0 fully saturated rings. The van der Waals surface area contributed by atoms with E-state index in [4.69, 9.17) is 5.73 Å². The average Bonchev–Trinajstić information content (AvgIpc) is 2.17. The molecule has 4 heteroatoms. The van der Waals surface area contributed by atoms with Gasteiger partial charge in [0.05, 0.1) is 11.2 Å². The molecule has 3 nitrogen and oxygen atoms in total. The summed E-state index contributed by atoms with van der Waals surface area (Å²) in [7, 11) is 0. The molecule has 14 heavy (non-hydrogen) atoms. The van der Waals surface area contributed by atoms with E-state index in [1.165, 1.54) is 0 Å². The number of halogens is 1. The third-order valence-corrected chi connectivity index (χ3v) is 2.58. The van der Waals surface area contributed by atoms with Gasteiger partial charge in [0.15, 0.2) is 0 Å². The number of anilines is 1. The van der Waals surface area contributed by atoms with Crippen molar-refractivity contribution in [2.75, 3.05) is 5.73 Å². The first-order valence-corrected chi connectivity index (χ1v) is 5.21. The lowest BCUT2D eigenvalue weighted by atomic mass is 10.1. The van der Waals surface area contributed by atoms with Gasteiger partial charge in [-0.3, -0.25) is 0 Å². The Bertz CT molecular complexity index is 482. The van der Waals surface area contributed by atoms with E-state index in [9.17, 15) is 0 Å². The van der Waals surface area contributed by atoms with Gasteiger partial charge >= 0.3 is 0 Å². The highest BCUT2D eigenvalue weighted by molar-refractivity contribution is 9.10. The number of aromatic nitrogens is 2. The molecule has 72 valence electrons. The van der Waals surface area contributed by atoms with Crippen molar-refractivity contribution in [3.05, 3.63) is 28.4 Å². The maximum absolute atomic E-state index is 5.60. The van der Waals surface area contributed by atoms with Crippen molar-refractivity contribution >= 4 is 32.8 Å². The second kappa shape index (κ2) is 3.53. The minimum Gasteiger partial charge on any atom is -0.368 e. The Labute approximate surface area is 90.5 Å². The van der Waals surface area contributed by atoms with Gasteiger partial charge in [-0.1, -0.05) is 22.9 Å². The van der Waals surface area contributed by atoms with Crippen molar-refractivity contribution in [2.45, 2.75) is 13.3 Å². The number of benzene rings is 1. The lowest BCUT2D eigenvalue weighted by Crippen LogP contribution is -1.99. The van der Waals surface area contributed by atoms with E-state index in [-0.39, 0.29) is 0 Å². The molecule has 0 spiro atoms. The highest BCUT2D eigenvalue weighted by Gasteiger charge is 2.04. The molecular weight excluding hydrogens is 242 g/mol. The zero-order chi connectivity index (χ0) is 10.1. The fraction of sp³-hybridized carbons (Fsp3) is 0.200. The summed E-state index contributed by atoms with van der Waals surface area (Å²) < 4.78 is 1.04. The first-order valence-electron chi connectivity index (χ1n) is 4.42. The van der Waals surface area contributed by atoms with Crippen LogP contribution in [0.15, 0.2) is 22.7 Å². The largest absolute Gasteiger partial charge is 0.368 e. The molecule has 0 bridgehead atoms. The summed E-state index contributed by atoms with van der Waals surface area (Å²) in [6.45, 7) is 2.06. The second-order valence-corrected chi connectivity index (χ2v) is 3.96. The first-order chi connectivity index (χ1) is 6.70. The maximum Gasteiger partial charge on any atom is 0.220 e. The average molecular weight is 252 g/mol. The highest BCUT2D eigenvalue weighted by Crippen LogP contribution is 2.21. The van der Waals surface area contributed by atoms with Crippen LogP contribution < -0.4 is 5.73 Å². The van der Waals surface area contributed by atoms with Crippen LogP contribution in [0.4, 0.5) is 5.95 Å². The Balaban J connectivity index is 2.81. The molecule has 0 saturated heterocycles. The summed E-state index contributed by atoms with van der Waals surface area (Å²) in [5.74, 6) is 0.344. The van der Waals surface area contributed by atoms with Gasteiger partial charge in [-0.25, -0.2) is 9.97 Å². The molecule has 0 aliphatic carbocycles. The minimum absolute atomic E-state index is 0.344. The molecule has 1 heterocycles. The number of hydrogen-bond donors (Lipinski definition) is 1. The van der Waals surface area contributed by atoms with E-state index in [2.05, 4.69) is 32.8 Å². The summed E-state index contributed by atoms with van der Waals surface area (Å²) in [6, 6.07) is 5.92. The van der Waals surface area contributed by atoms with E-state index >= 15 is 0 Å². The van der Waals surface area contributed by atoms with Crippen molar-refractivity contribution in [2.24, 2.45) is 0 Å². The molecule has 0 unspecified atom stereocenters. The van der Waals surface area contributed by atoms with E-state index in [1.54, 1.807) is 0 Å². The van der Waals surface area contributed by atoms with Crippen LogP contribution in [0.5, 0.6) is 0 Å². The fourth-order valence-electron chi connectivity index (χ4n) is 1.45. The molecule has 0 saturated carbocycles. The Morgan fingerprint density at radius 2 is 2.14 bits per heavy atom. The Morgan fingerprint density at radius 1 is 1.36 bits per heavy atom. The predicted octanol–water partition coefficient (Wildman–Crippen LogP) is 2.54. The third kappa shape index (κ3) is 1.57. The Morgan fingerprint density at radius 3 is 2.86 bits per heavy atom. The highest BCUT2D eigenvalue weighted by atomic mass is 79.9. The molecule has 0 radical (unpaired) electrons. The molecule has 0 atom stereocenters. The van der Waals surface area contributed by atoms with Crippen molar-refractivity contribution in [1.82, 2.24) is 9.97 Å². The SMILES string of the molecule is CCc1nc(N)nc2ccc(Br)cc12. The number of fused-ring (bicyclic) bond motifs is 1. The smallest absolute Gasteiger partial charge is 0.220 e. The maximum atomic E-state index is 5.60. The third-order valence-electron chi connectivity index (χ3n) is 2.09. The zero-order valence-corrected chi connectivity index (χ0v) is 9.37. The summed E-state index contributed by atoms with van der Waals surface area (Å²) in [4.78, 5) is 8.38. The van der Waals surface area contributed by atoms with Gasteiger partial charge in [0.25, 0.3) is 0 Å². The van der Waals surface area contributed by atoms with Gasteiger partial charge < -0.3 is 5.73 Å². The fourth-order valence-corrected chi connectivity index (χ4v) is 1.81. The topological polar surface area (TPSA) is 51.8 Å². The molecule has 0 aliphatic heterocycles. The van der Waals surface area contributed by atoms with E-state index in [0.29, 0.717) is 5.95 Å². The number of nitrogen functional groups attached to an aromatic ring is 1. The molecular formula is C10H10BrN3. The molecule has 1 aromatic carbocycles. The molecule has 0 aliphatic rings. The number of nitrogens with zero attached hydrogens (tertiary/aromatic N) is 2. The van der Waals surface area contributed by atoms with Crippen molar-refractivity contribution in [3.8, 4) is 0 Å². The molecule has 0 amide bonds. The first kappa shape index (κ1) is 9.40. The van der Waals surface area contributed by atoms with Gasteiger partial charge in [-0.2, -0.15) is 0 Å². The monoisotopic (exact) mass is 251 g/mol. The van der Waals surface area contributed by atoms with Crippen molar-refractivity contribution < 1.29 is 0 Å². The molecule has 1 aromatic heterocycles. The van der Waals surface area contributed by atoms with E-state index < -0.39 is 0 Å². The summed E-state index contributed by atoms with van der Waals surface area (Å²) in [6.07, 6.45) is 0.861. The van der Waals surface area contributed by atoms with Gasteiger partial charge in [0, 0.05) is 9.86 Å². The van der Waals surface area contributed by atoms with Crippen LogP contribution in [0.25, 0.3) is 10.9 Å².